The lowest BCUT2D eigenvalue weighted by atomic mass is 10.1. The first-order valence-electron chi connectivity index (χ1n) is 4.15. The van der Waals surface area contributed by atoms with Crippen LogP contribution in [0.5, 0.6) is 11.5 Å². The maximum Gasteiger partial charge on any atom is 0.214 e. The van der Waals surface area contributed by atoms with E-state index in [0.717, 1.165) is 0 Å². The predicted molar refractivity (Wildman–Crippen MR) is 49.9 cm³/mol. The van der Waals surface area contributed by atoms with E-state index in [-0.39, 0.29) is 17.9 Å². The molecule has 0 spiro atoms. The molecule has 1 atom stereocenters. The maximum atomic E-state index is 10.4. The molecule has 1 unspecified atom stereocenters. The van der Waals surface area contributed by atoms with Gasteiger partial charge in [0.15, 0.2) is 11.5 Å². The number of phenolic OH excluding ortho intramolecular Hbond substituents is 2. The van der Waals surface area contributed by atoms with Crippen molar-refractivity contribution in [3.8, 4) is 11.5 Å². The van der Waals surface area contributed by atoms with Crippen LogP contribution in [0, 0.1) is 10.1 Å². The van der Waals surface area contributed by atoms with Crippen LogP contribution in [0.4, 0.5) is 0 Å². The van der Waals surface area contributed by atoms with E-state index in [2.05, 4.69) is 0 Å². The van der Waals surface area contributed by atoms with Gasteiger partial charge in [0.2, 0.25) is 6.04 Å². The monoisotopic (exact) mass is 197 g/mol. The van der Waals surface area contributed by atoms with Crippen LogP contribution < -0.4 is 0 Å². The molecule has 14 heavy (non-hydrogen) atoms. The van der Waals surface area contributed by atoms with Gasteiger partial charge in [-0.15, -0.1) is 0 Å². The van der Waals surface area contributed by atoms with Gasteiger partial charge in [-0.2, -0.15) is 0 Å². The Labute approximate surface area is 80.8 Å². The van der Waals surface area contributed by atoms with E-state index in [0.29, 0.717) is 5.56 Å². The number of benzene rings is 1. The normalized spacial score (nSPS) is 12.4. The quantitative estimate of drug-likeness (QED) is 0.434. The van der Waals surface area contributed by atoms with Gasteiger partial charge in [-0.3, -0.25) is 10.1 Å². The summed E-state index contributed by atoms with van der Waals surface area (Å²) >= 11 is 0. The van der Waals surface area contributed by atoms with Crippen molar-refractivity contribution in [2.45, 2.75) is 19.4 Å². The fourth-order valence-corrected chi connectivity index (χ4v) is 1.14. The standard InChI is InChI=1S/C9H11NO4/c1-6(10(13)14)5-7-3-2-4-8(11)9(7)12/h2-4,6,11-12H,5H2,1H3. The molecule has 0 aliphatic heterocycles. The summed E-state index contributed by atoms with van der Waals surface area (Å²) < 4.78 is 0. The van der Waals surface area contributed by atoms with Gasteiger partial charge in [-0.25, -0.2) is 0 Å². The van der Waals surface area contributed by atoms with Gasteiger partial charge in [0.25, 0.3) is 0 Å². The zero-order chi connectivity index (χ0) is 10.7. The molecule has 1 rings (SSSR count). The third-order valence-electron chi connectivity index (χ3n) is 1.97. The number of hydrogen-bond donors (Lipinski definition) is 2. The lowest BCUT2D eigenvalue weighted by Crippen LogP contribution is -2.17. The third-order valence-corrected chi connectivity index (χ3v) is 1.97. The summed E-state index contributed by atoms with van der Waals surface area (Å²) in [5.41, 5.74) is 0.384. The summed E-state index contributed by atoms with van der Waals surface area (Å²) in [6.45, 7) is 1.45. The average Bonchev–Trinajstić information content (AvgIpc) is 2.12. The number of nitrogens with zero attached hydrogens (tertiary/aromatic N) is 1. The lowest BCUT2D eigenvalue weighted by molar-refractivity contribution is -0.517. The molecule has 0 heterocycles. The molecule has 0 fully saturated rings. The van der Waals surface area contributed by atoms with Crippen molar-refractivity contribution in [1.82, 2.24) is 0 Å². The van der Waals surface area contributed by atoms with Gasteiger partial charge in [0, 0.05) is 23.8 Å². The Morgan fingerprint density at radius 2 is 2.14 bits per heavy atom. The highest BCUT2D eigenvalue weighted by molar-refractivity contribution is 5.44. The molecule has 0 bridgehead atoms. The van der Waals surface area contributed by atoms with E-state index in [4.69, 9.17) is 5.11 Å². The Morgan fingerprint density at radius 3 is 2.71 bits per heavy atom. The minimum absolute atomic E-state index is 0.104. The van der Waals surface area contributed by atoms with E-state index < -0.39 is 11.0 Å². The molecule has 76 valence electrons. The van der Waals surface area contributed by atoms with Crippen LogP contribution >= 0.6 is 0 Å². The second-order valence-electron chi connectivity index (χ2n) is 3.12. The topological polar surface area (TPSA) is 83.6 Å². The van der Waals surface area contributed by atoms with E-state index in [1.807, 2.05) is 0 Å². The zero-order valence-electron chi connectivity index (χ0n) is 7.67. The summed E-state index contributed by atoms with van der Waals surface area (Å²) in [6.07, 6.45) is 0.104. The van der Waals surface area contributed by atoms with Crippen LogP contribution in [-0.2, 0) is 6.42 Å². The molecule has 0 saturated carbocycles. The van der Waals surface area contributed by atoms with E-state index in [1.165, 1.54) is 19.1 Å². The molecule has 1 aromatic rings. The number of phenols is 2. The molecule has 0 aliphatic carbocycles. The Kier molecular flexibility index (Phi) is 2.91. The van der Waals surface area contributed by atoms with E-state index >= 15 is 0 Å². The Balaban J connectivity index is 2.87. The van der Waals surface area contributed by atoms with Crippen molar-refractivity contribution in [2.24, 2.45) is 0 Å². The Hall–Kier alpha value is -1.78. The predicted octanol–water partition coefficient (Wildman–Crippen LogP) is 1.31. The van der Waals surface area contributed by atoms with Crippen molar-refractivity contribution < 1.29 is 15.1 Å². The first kappa shape index (κ1) is 10.3. The summed E-state index contributed by atoms with van der Waals surface area (Å²) in [6, 6.07) is 3.64. The summed E-state index contributed by atoms with van der Waals surface area (Å²) in [5, 5.41) is 28.8. The highest BCUT2D eigenvalue weighted by atomic mass is 16.6. The van der Waals surface area contributed by atoms with Gasteiger partial charge < -0.3 is 10.2 Å². The third kappa shape index (κ3) is 2.12. The molecule has 5 nitrogen and oxygen atoms in total. The fourth-order valence-electron chi connectivity index (χ4n) is 1.14. The Bertz CT molecular complexity index is 351. The molecule has 5 heteroatoms. The molecule has 0 amide bonds. The lowest BCUT2D eigenvalue weighted by Gasteiger charge is -2.06. The number of para-hydroxylation sites is 1. The van der Waals surface area contributed by atoms with Crippen molar-refractivity contribution in [3.63, 3.8) is 0 Å². The van der Waals surface area contributed by atoms with Crippen LogP contribution in [0.15, 0.2) is 18.2 Å². The molecular formula is C9H11NO4. The second kappa shape index (κ2) is 3.95. The number of nitro groups is 1. The highest BCUT2D eigenvalue weighted by Crippen LogP contribution is 2.29. The van der Waals surface area contributed by atoms with Crippen molar-refractivity contribution >= 4 is 0 Å². The number of aromatic hydroxyl groups is 2. The number of hydrogen-bond acceptors (Lipinski definition) is 4. The SMILES string of the molecule is CC(Cc1cccc(O)c1O)[N+](=O)[O-]. The van der Waals surface area contributed by atoms with Crippen molar-refractivity contribution in [3.05, 3.63) is 33.9 Å². The Morgan fingerprint density at radius 1 is 1.50 bits per heavy atom. The van der Waals surface area contributed by atoms with Crippen LogP contribution in [0.2, 0.25) is 0 Å². The molecule has 1 aromatic carbocycles. The van der Waals surface area contributed by atoms with Crippen molar-refractivity contribution in [1.29, 1.82) is 0 Å². The van der Waals surface area contributed by atoms with Crippen molar-refractivity contribution in [2.75, 3.05) is 0 Å². The first-order valence-corrected chi connectivity index (χ1v) is 4.15. The molecule has 0 aromatic heterocycles. The van der Waals surface area contributed by atoms with Gasteiger partial charge in [-0.1, -0.05) is 12.1 Å². The minimum atomic E-state index is -0.775. The molecule has 0 saturated heterocycles. The summed E-state index contributed by atoms with van der Waals surface area (Å²) in [5.74, 6) is -0.528. The zero-order valence-corrected chi connectivity index (χ0v) is 7.67. The summed E-state index contributed by atoms with van der Waals surface area (Å²) in [7, 11) is 0. The fraction of sp³-hybridized carbons (Fsp3) is 0.333. The van der Waals surface area contributed by atoms with Crippen LogP contribution in [-0.4, -0.2) is 21.2 Å². The second-order valence-corrected chi connectivity index (χ2v) is 3.12. The van der Waals surface area contributed by atoms with Gasteiger partial charge in [0.1, 0.15) is 0 Å². The van der Waals surface area contributed by atoms with E-state index in [9.17, 15) is 15.2 Å². The van der Waals surface area contributed by atoms with Gasteiger partial charge >= 0.3 is 0 Å². The first-order chi connectivity index (χ1) is 6.52. The van der Waals surface area contributed by atoms with E-state index in [1.54, 1.807) is 6.07 Å². The molecule has 0 radical (unpaired) electrons. The molecule has 2 N–H and O–H groups in total. The summed E-state index contributed by atoms with van der Waals surface area (Å²) in [4.78, 5) is 9.93. The largest absolute Gasteiger partial charge is 0.504 e. The van der Waals surface area contributed by atoms with Crippen LogP contribution in [0.1, 0.15) is 12.5 Å². The smallest absolute Gasteiger partial charge is 0.214 e. The van der Waals surface area contributed by atoms with Crippen LogP contribution in [0.3, 0.4) is 0 Å². The average molecular weight is 197 g/mol. The molecule has 0 aliphatic rings. The number of rotatable bonds is 3. The highest BCUT2D eigenvalue weighted by Gasteiger charge is 2.16. The molecular weight excluding hydrogens is 186 g/mol. The van der Waals surface area contributed by atoms with Gasteiger partial charge in [0.05, 0.1) is 0 Å². The van der Waals surface area contributed by atoms with Crippen LogP contribution in [0.25, 0.3) is 0 Å². The maximum absolute atomic E-state index is 10.4. The van der Waals surface area contributed by atoms with Gasteiger partial charge in [-0.05, 0) is 6.07 Å². The minimum Gasteiger partial charge on any atom is -0.504 e.